The third-order valence-corrected chi connectivity index (χ3v) is 2.93. The van der Waals surface area contributed by atoms with Crippen LogP contribution in [-0.2, 0) is 6.54 Å². The summed E-state index contributed by atoms with van der Waals surface area (Å²) in [6, 6.07) is 12.3. The molecule has 2 aromatic carbocycles. The highest BCUT2D eigenvalue weighted by atomic mass is 16.5. The van der Waals surface area contributed by atoms with Gasteiger partial charge in [0.05, 0.1) is 0 Å². The minimum Gasteiger partial charge on any atom is -0.457 e. The van der Waals surface area contributed by atoms with Gasteiger partial charge in [-0.1, -0.05) is 24.3 Å². The zero-order chi connectivity index (χ0) is 13.1. The minimum absolute atomic E-state index is 0.488. The van der Waals surface area contributed by atoms with Crippen molar-refractivity contribution in [1.82, 2.24) is 0 Å². The van der Waals surface area contributed by atoms with E-state index in [1.807, 2.05) is 37.3 Å². The Balaban J connectivity index is 2.39. The lowest BCUT2D eigenvalue weighted by Gasteiger charge is -2.13. The highest BCUT2D eigenvalue weighted by Crippen LogP contribution is 2.29. The molecule has 0 fully saturated rings. The SMILES string of the molecule is Cc1cc(C)cc(Oc2c(C)cccc2CN)c1. The van der Waals surface area contributed by atoms with E-state index in [4.69, 9.17) is 10.5 Å². The lowest BCUT2D eigenvalue weighted by molar-refractivity contribution is 0.472. The Bertz CT molecular complexity index is 541. The lowest BCUT2D eigenvalue weighted by atomic mass is 10.1. The van der Waals surface area contributed by atoms with Crippen molar-refractivity contribution >= 4 is 0 Å². The van der Waals surface area contributed by atoms with Gasteiger partial charge in [-0.15, -0.1) is 0 Å². The summed E-state index contributed by atoms with van der Waals surface area (Å²) in [4.78, 5) is 0. The average molecular weight is 241 g/mol. The standard InChI is InChI=1S/C16H19NO/c1-11-7-12(2)9-15(8-11)18-16-13(3)5-4-6-14(16)10-17/h4-9H,10,17H2,1-3H3. The molecule has 0 saturated heterocycles. The molecule has 0 atom stereocenters. The quantitative estimate of drug-likeness (QED) is 0.885. The van der Waals surface area contributed by atoms with Crippen molar-refractivity contribution in [3.05, 3.63) is 58.7 Å². The van der Waals surface area contributed by atoms with Gasteiger partial charge >= 0.3 is 0 Å². The molecule has 0 unspecified atom stereocenters. The molecular formula is C16H19NO. The number of benzene rings is 2. The van der Waals surface area contributed by atoms with Crippen LogP contribution in [0.15, 0.2) is 36.4 Å². The molecule has 2 heteroatoms. The summed E-state index contributed by atoms with van der Waals surface area (Å²) >= 11 is 0. The van der Waals surface area contributed by atoms with Gasteiger partial charge in [0.2, 0.25) is 0 Å². The third-order valence-electron chi connectivity index (χ3n) is 2.93. The molecule has 0 amide bonds. The maximum atomic E-state index is 6.01. The Morgan fingerprint density at radius 2 is 1.67 bits per heavy atom. The largest absolute Gasteiger partial charge is 0.457 e. The molecule has 0 radical (unpaired) electrons. The van der Waals surface area contributed by atoms with E-state index in [1.54, 1.807) is 0 Å². The maximum Gasteiger partial charge on any atom is 0.134 e. The highest BCUT2D eigenvalue weighted by Gasteiger charge is 2.07. The van der Waals surface area contributed by atoms with Crippen molar-refractivity contribution in [1.29, 1.82) is 0 Å². The molecule has 2 rings (SSSR count). The fourth-order valence-corrected chi connectivity index (χ4v) is 2.13. The van der Waals surface area contributed by atoms with Gasteiger partial charge in [0.25, 0.3) is 0 Å². The molecule has 0 aliphatic heterocycles. The summed E-state index contributed by atoms with van der Waals surface area (Å²) in [7, 11) is 0. The summed E-state index contributed by atoms with van der Waals surface area (Å²) in [5.74, 6) is 1.75. The second kappa shape index (κ2) is 5.23. The van der Waals surface area contributed by atoms with Crippen LogP contribution in [-0.4, -0.2) is 0 Å². The molecule has 0 aliphatic carbocycles. The summed E-state index contributed by atoms with van der Waals surface area (Å²) in [6.45, 7) is 6.67. The summed E-state index contributed by atoms with van der Waals surface area (Å²) in [5, 5.41) is 0. The molecule has 2 aromatic rings. The number of ether oxygens (including phenoxy) is 1. The smallest absolute Gasteiger partial charge is 0.134 e. The van der Waals surface area contributed by atoms with Crippen LogP contribution in [0.4, 0.5) is 0 Å². The van der Waals surface area contributed by atoms with Crippen LogP contribution < -0.4 is 10.5 Å². The van der Waals surface area contributed by atoms with Gasteiger partial charge in [-0.25, -0.2) is 0 Å². The molecule has 0 aromatic heterocycles. The van der Waals surface area contributed by atoms with Crippen molar-refractivity contribution in [3.63, 3.8) is 0 Å². The molecule has 0 bridgehead atoms. The number of nitrogens with two attached hydrogens (primary N) is 1. The Morgan fingerprint density at radius 1 is 1.00 bits per heavy atom. The van der Waals surface area contributed by atoms with Crippen molar-refractivity contribution in [2.45, 2.75) is 27.3 Å². The number of hydrogen-bond acceptors (Lipinski definition) is 2. The predicted octanol–water partition coefficient (Wildman–Crippen LogP) is 3.86. The van der Waals surface area contributed by atoms with Gasteiger partial charge < -0.3 is 10.5 Å². The molecule has 0 aliphatic rings. The van der Waals surface area contributed by atoms with Crippen LogP contribution in [0.2, 0.25) is 0 Å². The van der Waals surface area contributed by atoms with E-state index >= 15 is 0 Å². The molecule has 0 heterocycles. The van der Waals surface area contributed by atoms with E-state index in [-0.39, 0.29) is 0 Å². The zero-order valence-electron chi connectivity index (χ0n) is 11.2. The average Bonchev–Trinajstić information content (AvgIpc) is 2.30. The van der Waals surface area contributed by atoms with Gasteiger partial charge in [0.15, 0.2) is 0 Å². The van der Waals surface area contributed by atoms with Crippen LogP contribution in [0.3, 0.4) is 0 Å². The van der Waals surface area contributed by atoms with Crippen LogP contribution in [0, 0.1) is 20.8 Å². The zero-order valence-corrected chi connectivity index (χ0v) is 11.2. The monoisotopic (exact) mass is 241 g/mol. The Hall–Kier alpha value is -1.80. The second-order valence-electron chi connectivity index (χ2n) is 4.69. The Kier molecular flexibility index (Phi) is 3.68. The van der Waals surface area contributed by atoms with E-state index in [0.29, 0.717) is 6.54 Å². The fraction of sp³-hybridized carbons (Fsp3) is 0.250. The van der Waals surface area contributed by atoms with Crippen molar-refractivity contribution < 1.29 is 4.74 Å². The minimum atomic E-state index is 0.488. The van der Waals surface area contributed by atoms with Gasteiger partial charge in [-0.2, -0.15) is 0 Å². The van der Waals surface area contributed by atoms with Gasteiger partial charge in [-0.05, 0) is 49.6 Å². The van der Waals surface area contributed by atoms with Gasteiger partial charge in [-0.3, -0.25) is 0 Å². The fourth-order valence-electron chi connectivity index (χ4n) is 2.13. The van der Waals surface area contributed by atoms with E-state index in [0.717, 1.165) is 22.6 Å². The Morgan fingerprint density at radius 3 is 2.28 bits per heavy atom. The highest BCUT2D eigenvalue weighted by molar-refractivity contribution is 5.45. The van der Waals surface area contributed by atoms with Gasteiger partial charge in [0.1, 0.15) is 11.5 Å². The first kappa shape index (κ1) is 12.7. The molecular weight excluding hydrogens is 222 g/mol. The normalized spacial score (nSPS) is 10.4. The molecule has 2 nitrogen and oxygen atoms in total. The predicted molar refractivity (Wildman–Crippen MR) is 75.1 cm³/mol. The first-order valence-electron chi connectivity index (χ1n) is 6.15. The molecule has 2 N–H and O–H groups in total. The van der Waals surface area contributed by atoms with Crippen molar-refractivity contribution in [2.75, 3.05) is 0 Å². The van der Waals surface area contributed by atoms with Crippen LogP contribution >= 0.6 is 0 Å². The molecule has 0 spiro atoms. The summed E-state index contributed by atoms with van der Waals surface area (Å²) in [5.41, 5.74) is 10.3. The Labute approximate surface area is 108 Å². The number of aryl methyl sites for hydroxylation is 3. The first-order valence-corrected chi connectivity index (χ1v) is 6.15. The molecule has 94 valence electrons. The van der Waals surface area contributed by atoms with Gasteiger partial charge in [0, 0.05) is 12.1 Å². The van der Waals surface area contributed by atoms with Crippen molar-refractivity contribution in [3.8, 4) is 11.5 Å². The number of para-hydroxylation sites is 1. The van der Waals surface area contributed by atoms with Crippen LogP contribution in [0.1, 0.15) is 22.3 Å². The topological polar surface area (TPSA) is 35.2 Å². The van der Waals surface area contributed by atoms with Crippen LogP contribution in [0.5, 0.6) is 11.5 Å². The first-order chi connectivity index (χ1) is 8.60. The number of hydrogen-bond donors (Lipinski definition) is 1. The molecule has 18 heavy (non-hydrogen) atoms. The van der Waals surface area contributed by atoms with Crippen LogP contribution in [0.25, 0.3) is 0 Å². The molecule has 0 saturated carbocycles. The summed E-state index contributed by atoms with van der Waals surface area (Å²) < 4.78 is 6.01. The van der Waals surface area contributed by atoms with E-state index < -0.39 is 0 Å². The van der Waals surface area contributed by atoms with E-state index in [9.17, 15) is 0 Å². The third kappa shape index (κ3) is 2.71. The van der Waals surface area contributed by atoms with E-state index in [2.05, 4.69) is 19.9 Å². The second-order valence-corrected chi connectivity index (χ2v) is 4.69. The maximum absolute atomic E-state index is 6.01. The number of rotatable bonds is 3. The van der Waals surface area contributed by atoms with E-state index in [1.165, 1.54) is 11.1 Å². The van der Waals surface area contributed by atoms with Crippen molar-refractivity contribution in [2.24, 2.45) is 5.73 Å². The lowest BCUT2D eigenvalue weighted by Crippen LogP contribution is -2.01. The summed E-state index contributed by atoms with van der Waals surface area (Å²) in [6.07, 6.45) is 0.